The molecular weight excluding hydrogens is 296 g/mol. The lowest BCUT2D eigenvalue weighted by Gasteiger charge is -2.08. The second kappa shape index (κ2) is 6.11. The summed E-state index contributed by atoms with van der Waals surface area (Å²) < 4.78 is 6.36. The normalized spacial score (nSPS) is 11.2. The number of ether oxygens (including phenoxy) is 1. The van der Waals surface area contributed by atoms with Crippen molar-refractivity contribution in [3.05, 3.63) is 41.2 Å². The molecule has 0 fully saturated rings. The zero-order valence-corrected chi connectivity index (χ0v) is 13.5. The number of benzene rings is 1. The molecule has 0 saturated carbocycles. The summed E-state index contributed by atoms with van der Waals surface area (Å²) in [5.41, 5.74) is 1.89. The van der Waals surface area contributed by atoms with Crippen LogP contribution in [-0.2, 0) is 0 Å². The van der Waals surface area contributed by atoms with Gasteiger partial charge in [0.05, 0.1) is 17.3 Å². The highest BCUT2D eigenvalue weighted by Crippen LogP contribution is 2.26. The first kappa shape index (κ1) is 14.5. The van der Waals surface area contributed by atoms with Crippen molar-refractivity contribution in [2.45, 2.75) is 0 Å². The van der Waals surface area contributed by atoms with Crippen molar-refractivity contribution in [3.63, 3.8) is 0 Å². The van der Waals surface area contributed by atoms with Gasteiger partial charge in [-0.25, -0.2) is 15.0 Å². The van der Waals surface area contributed by atoms with Crippen molar-refractivity contribution in [1.29, 1.82) is 0 Å². The van der Waals surface area contributed by atoms with Crippen molar-refractivity contribution < 1.29 is 4.74 Å². The van der Waals surface area contributed by atoms with Crippen LogP contribution >= 0.6 is 11.3 Å². The predicted octanol–water partition coefficient (Wildman–Crippen LogP) is 3.33. The molecule has 0 saturated heterocycles. The second-order valence-corrected chi connectivity index (χ2v) is 5.99. The van der Waals surface area contributed by atoms with E-state index >= 15 is 0 Å². The molecule has 3 aromatic rings. The van der Waals surface area contributed by atoms with E-state index in [1.165, 1.54) is 0 Å². The Bertz CT molecular complexity index is 809. The Balaban J connectivity index is 1.82. The zero-order valence-electron chi connectivity index (χ0n) is 12.6. The molecule has 0 unspecified atom stereocenters. The topological polar surface area (TPSA) is 51.1 Å². The molecule has 5 nitrogen and oxygen atoms in total. The number of fused-ring (bicyclic) bond motifs is 1. The van der Waals surface area contributed by atoms with E-state index in [9.17, 15) is 0 Å². The molecule has 0 aliphatic carbocycles. The second-order valence-electron chi connectivity index (χ2n) is 4.93. The number of hydrogen-bond donors (Lipinski definition) is 0. The van der Waals surface area contributed by atoms with Crippen molar-refractivity contribution in [2.75, 3.05) is 26.1 Å². The smallest absolute Gasteiger partial charge is 0.224 e. The van der Waals surface area contributed by atoms with Crippen LogP contribution in [0.1, 0.15) is 10.6 Å². The van der Waals surface area contributed by atoms with Crippen LogP contribution < -0.4 is 9.64 Å². The molecule has 1 aromatic carbocycles. The van der Waals surface area contributed by atoms with Crippen LogP contribution in [-0.4, -0.2) is 36.2 Å². The minimum absolute atomic E-state index is 0.698. The Hall–Kier alpha value is -2.47. The molecule has 2 aromatic heterocycles. The number of hydrogen-bond acceptors (Lipinski definition) is 6. The van der Waals surface area contributed by atoms with Crippen LogP contribution in [0.4, 0.5) is 5.95 Å². The maximum atomic E-state index is 5.22. The van der Waals surface area contributed by atoms with Gasteiger partial charge in [0.1, 0.15) is 10.8 Å². The first-order valence-corrected chi connectivity index (χ1v) is 7.59. The van der Waals surface area contributed by atoms with Gasteiger partial charge in [0.2, 0.25) is 5.95 Å². The van der Waals surface area contributed by atoms with Gasteiger partial charge in [-0.3, -0.25) is 0 Å². The summed E-state index contributed by atoms with van der Waals surface area (Å²) in [7, 11) is 5.49. The predicted molar refractivity (Wildman–Crippen MR) is 91.5 cm³/mol. The molecular formula is C16H16N4OS. The molecule has 6 heteroatoms. The minimum Gasteiger partial charge on any atom is -0.497 e. The van der Waals surface area contributed by atoms with Crippen molar-refractivity contribution in [3.8, 4) is 5.75 Å². The van der Waals surface area contributed by atoms with Gasteiger partial charge in [-0.05, 0) is 24.3 Å². The number of aromatic nitrogens is 3. The Morgan fingerprint density at radius 2 is 1.91 bits per heavy atom. The van der Waals surface area contributed by atoms with Crippen LogP contribution in [0.25, 0.3) is 22.4 Å². The third-order valence-electron chi connectivity index (χ3n) is 3.09. The van der Waals surface area contributed by atoms with E-state index in [2.05, 4.69) is 15.0 Å². The summed E-state index contributed by atoms with van der Waals surface area (Å²) in [6, 6.07) is 5.91. The monoisotopic (exact) mass is 312 g/mol. The minimum atomic E-state index is 0.698. The zero-order chi connectivity index (χ0) is 15.5. The maximum absolute atomic E-state index is 5.22. The van der Waals surface area contributed by atoms with E-state index in [-0.39, 0.29) is 0 Å². The molecule has 0 atom stereocenters. The maximum Gasteiger partial charge on any atom is 0.224 e. The molecule has 0 spiro atoms. The first-order valence-electron chi connectivity index (χ1n) is 6.78. The lowest BCUT2D eigenvalue weighted by molar-refractivity contribution is 0.415. The van der Waals surface area contributed by atoms with E-state index in [1.54, 1.807) is 30.8 Å². The Kier molecular flexibility index (Phi) is 4.02. The van der Waals surface area contributed by atoms with Crippen molar-refractivity contribution in [1.82, 2.24) is 15.0 Å². The van der Waals surface area contributed by atoms with E-state index in [0.717, 1.165) is 26.5 Å². The standard InChI is InChI=1S/C16H16N4OS/c1-20(2)16-17-9-11(10-18-16)4-7-15-19-13-8-12(21-3)5-6-14(13)22-15/h4-10H,1-3H3/b7-4+. The third kappa shape index (κ3) is 3.07. The summed E-state index contributed by atoms with van der Waals surface area (Å²) in [6.45, 7) is 0. The van der Waals surface area contributed by atoms with Crippen LogP contribution in [0.2, 0.25) is 0 Å². The molecule has 22 heavy (non-hydrogen) atoms. The Morgan fingerprint density at radius 1 is 1.14 bits per heavy atom. The fourth-order valence-corrected chi connectivity index (χ4v) is 2.79. The summed E-state index contributed by atoms with van der Waals surface area (Å²) in [6.07, 6.45) is 7.55. The molecule has 2 heterocycles. The van der Waals surface area contributed by atoms with Crippen molar-refractivity contribution >= 4 is 39.7 Å². The van der Waals surface area contributed by atoms with Crippen LogP contribution in [0, 0.1) is 0 Å². The van der Waals surface area contributed by atoms with Crippen molar-refractivity contribution in [2.24, 2.45) is 0 Å². The summed E-state index contributed by atoms with van der Waals surface area (Å²) >= 11 is 1.64. The van der Waals surface area contributed by atoms with E-state index in [0.29, 0.717) is 5.95 Å². The Morgan fingerprint density at radius 3 is 2.59 bits per heavy atom. The van der Waals surface area contributed by atoms with Gasteiger partial charge in [-0.2, -0.15) is 0 Å². The van der Waals surface area contributed by atoms with Gasteiger partial charge in [0, 0.05) is 38.1 Å². The van der Waals surface area contributed by atoms with Crippen LogP contribution in [0.15, 0.2) is 30.6 Å². The highest BCUT2D eigenvalue weighted by molar-refractivity contribution is 7.19. The highest BCUT2D eigenvalue weighted by atomic mass is 32.1. The van der Waals surface area contributed by atoms with Gasteiger partial charge < -0.3 is 9.64 Å². The van der Waals surface area contributed by atoms with Gasteiger partial charge in [-0.1, -0.05) is 0 Å². The van der Waals surface area contributed by atoms with Crippen LogP contribution in [0.3, 0.4) is 0 Å². The first-order chi connectivity index (χ1) is 10.7. The number of methoxy groups -OCH3 is 1. The molecule has 0 bridgehead atoms. The highest BCUT2D eigenvalue weighted by Gasteiger charge is 2.03. The fourth-order valence-electron chi connectivity index (χ4n) is 1.94. The lowest BCUT2D eigenvalue weighted by atomic mass is 10.3. The average molecular weight is 312 g/mol. The van der Waals surface area contributed by atoms with Gasteiger partial charge >= 0.3 is 0 Å². The largest absolute Gasteiger partial charge is 0.497 e. The van der Waals surface area contributed by atoms with Gasteiger partial charge in [-0.15, -0.1) is 11.3 Å². The fraction of sp³-hybridized carbons (Fsp3) is 0.188. The lowest BCUT2D eigenvalue weighted by Crippen LogP contribution is -2.12. The molecule has 0 N–H and O–H groups in total. The molecule has 0 amide bonds. The Labute approximate surface area is 132 Å². The SMILES string of the molecule is COc1ccc2sc(/C=C/c3cnc(N(C)C)nc3)nc2c1. The van der Waals surface area contributed by atoms with E-state index in [1.807, 2.05) is 49.3 Å². The van der Waals surface area contributed by atoms with Gasteiger partial charge in [0.15, 0.2) is 0 Å². The molecule has 3 rings (SSSR count). The van der Waals surface area contributed by atoms with Crippen LogP contribution in [0.5, 0.6) is 5.75 Å². The number of thiazole rings is 1. The summed E-state index contributed by atoms with van der Waals surface area (Å²) in [5.74, 6) is 1.52. The quantitative estimate of drug-likeness (QED) is 0.739. The molecule has 0 radical (unpaired) electrons. The summed E-state index contributed by atoms with van der Waals surface area (Å²) in [5, 5.41) is 0.944. The number of rotatable bonds is 4. The van der Waals surface area contributed by atoms with E-state index in [4.69, 9.17) is 4.74 Å². The number of nitrogens with zero attached hydrogens (tertiary/aromatic N) is 4. The third-order valence-corrected chi connectivity index (χ3v) is 4.09. The van der Waals surface area contributed by atoms with E-state index < -0.39 is 0 Å². The molecule has 112 valence electrons. The summed E-state index contributed by atoms with van der Waals surface area (Å²) in [4.78, 5) is 15.0. The molecule has 0 aliphatic rings. The number of anilines is 1. The molecule has 0 aliphatic heterocycles. The average Bonchev–Trinajstić information content (AvgIpc) is 2.95. The van der Waals surface area contributed by atoms with Gasteiger partial charge in [0.25, 0.3) is 0 Å².